The molecule has 2 atom stereocenters. The monoisotopic (exact) mass is 618 g/mol. The number of pyridine rings is 1. The summed E-state index contributed by atoms with van der Waals surface area (Å²) in [7, 11) is 1.89. The molecule has 2 N–H and O–H groups in total. The number of halogens is 2. The number of hydrogen-bond acceptors (Lipinski definition) is 6. The molecule has 234 valence electrons. The van der Waals surface area contributed by atoms with Crippen LogP contribution in [0.2, 0.25) is 0 Å². The zero-order valence-electron chi connectivity index (χ0n) is 24.6. The highest BCUT2D eigenvalue weighted by atomic mass is 19.1. The maximum absolute atomic E-state index is 14.8. The van der Waals surface area contributed by atoms with Gasteiger partial charge in [-0.2, -0.15) is 0 Å². The molecule has 0 spiro atoms. The van der Waals surface area contributed by atoms with Crippen molar-refractivity contribution >= 4 is 34.1 Å². The summed E-state index contributed by atoms with van der Waals surface area (Å²) in [6.45, 7) is -0.134. The quantitative estimate of drug-likeness (QED) is 0.225. The zero-order chi connectivity index (χ0) is 31.2. The largest absolute Gasteiger partial charge is 0.486 e. The fourth-order valence-corrected chi connectivity index (χ4v) is 6.03. The normalized spacial score (nSPS) is 16.2. The van der Waals surface area contributed by atoms with Crippen LogP contribution in [-0.2, 0) is 20.0 Å². The summed E-state index contributed by atoms with van der Waals surface area (Å²) in [5.41, 5.74) is 3.87. The molecule has 5 aromatic rings. The van der Waals surface area contributed by atoms with Crippen LogP contribution in [0, 0.1) is 5.92 Å². The van der Waals surface area contributed by atoms with Crippen LogP contribution in [0.15, 0.2) is 49.1 Å². The van der Waals surface area contributed by atoms with Crippen LogP contribution in [-0.4, -0.2) is 83.1 Å². The van der Waals surface area contributed by atoms with E-state index >= 15 is 0 Å². The Balaban J connectivity index is 1.24. The minimum atomic E-state index is -1.39. The van der Waals surface area contributed by atoms with E-state index in [0.717, 1.165) is 36.0 Å². The van der Waals surface area contributed by atoms with Gasteiger partial charge < -0.3 is 33.8 Å². The smallest absolute Gasteiger partial charge is 0.405 e. The van der Waals surface area contributed by atoms with Gasteiger partial charge >= 0.3 is 6.09 Å². The number of alkyl halides is 2. The van der Waals surface area contributed by atoms with Crippen molar-refractivity contribution in [3.8, 4) is 17.3 Å². The van der Waals surface area contributed by atoms with Gasteiger partial charge in [0, 0.05) is 50.9 Å². The van der Waals surface area contributed by atoms with Crippen molar-refractivity contribution in [2.45, 2.75) is 38.1 Å². The fourth-order valence-electron chi connectivity index (χ4n) is 6.03. The molecule has 0 saturated heterocycles. The summed E-state index contributed by atoms with van der Waals surface area (Å²) in [5, 5.41) is 12.1. The Kier molecular flexibility index (Phi) is 7.34. The molecule has 2 aliphatic rings. The minimum Gasteiger partial charge on any atom is -0.486 e. The van der Waals surface area contributed by atoms with Crippen LogP contribution in [0.25, 0.3) is 33.6 Å². The molecule has 14 heteroatoms. The Morgan fingerprint density at radius 2 is 2.09 bits per heavy atom. The average Bonchev–Trinajstić information content (AvgIpc) is 3.39. The number of carbonyl (C=O) groups excluding carboxylic acids is 1. The molecule has 1 aromatic carbocycles. The van der Waals surface area contributed by atoms with Crippen LogP contribution in [0.1, 0.15) is 35.2 Å². The van der Waals surface area contributed by atoms with Crippen LogP contribution in [0.3, 0.4) is 0 Å². The maximum Gasteiger partial charge on any atom is 0.405 e. The van der Waals surface area contributed by atoms with Gasteiger partial charge in [-0.05, 0) is 37.0 Å². The summed E-state index contributed by atoms with van der Waals surface area (Å²) in [4.78, 5) is 39.5. The van der Waals surface area contributed by atoms with Crippen molar-refractivity contribution in [3.05, 3.63) is 60.3 Å². The highest BCUT2D eigenvalue weighted by Gasteiger charge is 2.31. The number of fused-ring (bicyclic) bond motifs is 3. The second kappa shape index (κ2) is 11.5. The fraction of sp³-hybridized carbons (Fsp3) is 0.387. The molecule has 2 amide bonds. The SMILES string of the molecule is Cn1c(-c2cc3cccc(OCC(F)n4ccnc4)c3n2CC2CC2)nc2cc3c(nc21)CCN(CC(CF)NC(=O)O)C3=O. The lowest BCUT2D eigenvalue weighted by Crippen LogP contribution is -2.48. The molecular formula is C31H32F2N8O4. The molecule has 5 heterocycles. The number of para-hydroxylation sites is 1. The van der Waals surface area contributed by atoms with E-state index in [2.05, 4.69) is 14.9 Å². The Bertz CT molecular complexity index is 1900. The van der Waals surface area contributed by atoms with E-state index in [1.807, 2.05) is 35.9 Å². The molecule has 1 saturated carbocycles. The third kappa shape index (κ3) is 5.44. The molecule has 0 bridgehead atoms. The van der Waals surface area contributed by atoms with Gasteiger partial charge in [0.05, 0.1) is 34.8 Å². The second-order valence-electron chi connectivity index (χ2n) is 11.7. The minimum absolute atomic E-state index is 0.0796. The first-order valence-electron chi connectivity index (χ1n) is 14.9. The summed E-state index contributed by atoms with van der Waals surface area (Å²) < 4.78 is 39.8. The van der Waals surface area contributed by atoms with Gasteiger partial charge in [0.2, 0.25) is 6.30 Å². The predicted molar refractivity (Wildman–Crippen MR) is 161 cm³/mol. The van der Waals surface area contributed by atoms with Gasteiger partial charge in [-0.1, -0.05) is 12.1 Å². The van der Waals surface area contributed by atoms with E-state index < -0.39 is 25.1 Å². The van der Waals surface area contributed by atoms with Gasteiger partial charge in [0.1, 0.15) is 24.5 Å². The molecule has 4 aromatic heterocycles. The number of carboxylic acid groups (broad SMARTS) is 1. The Labute approximate surface area is 256 Å². The van der Waals surface area contributed by atoms with Crippen molar-refractivity contribution in [1.82, 2.24) is 38.9 Å². The number of benzene rings is 1. The third-order valence-electron chi connectivity index (χ3n) is 8.49. The van der Waals surface area contributed by atoms with E-state index in [-0.39, 0.29) is 19.1 Å². The lowest BCUT2D eigenvalue weighted by atomic mass is 10.0. The van der Waals surface area contributed by atoms with Crippen molar-refractivity contribution in [2.75, 3.05) is 26.4 Å². The molecular weight excluding hydrogens is 586 g/mol. The van der Waals surface area contributed by atoms with E-state index in [9.17, 15) is 18.4 Å². The predicted octanol–water partition coefficient (Wildman–Crippen LogP) is 4.35. The van der Waals surface area contributed by atoms with Crippen molar-refractivity contribution < 1.29 is 28.2 Å². The van der Waals surface area contributed by atoms with Gasteiger partial charge in [-0.15, -0.1) is 0 Å². The maximum atomic E-state index is 14.8. The highest BCUT2D eigenvalue weighted by molar-refractivity contribution is 5.99. The number of rotatable bonds is 11. The summed E-state index contributed by atoms with van der Waals surface area (Å²) >= 11 is 0. The van der Waals surface area contributed by atoms with Gasteiger partial charge in [-0.25, -0.2) is 28.5 Å². The molecule has 7 rings (SSSR count). The van der Waals surface area contributed by atoms with E-state index in [1.54, 1.807) is 12.3 Å². The standard InChI is InChI=1S/C31H32F2N8O4/c1-38-28-23(12-21-22(36-28)7-9-39(30(21)42)15-20(13-32)35-31(43)44)37-29(38)24-11-19-3-2-4-25(27(19)41(24)14-18-5-6-18)45-16-26(33)40-10-8-34-17-40/h2-4,8,10-12,17-18,20,26,35H,5-7,9,13-16H2,1H3,(H,43,44). The number of amides is 2. The van der Waals surface area contributed by atoms with Crippen molar-refractivity contribution in [1.29, 1.82) is 0 Å². The molecule has 1 aliphatic carbocycles. The van der Waals surface area contributed by atoms with Gasteiger partial charge in [0.25, 0.3) is 5.91 Å². The lowest BCUT2D eigenvalue weighted by molar-refractivity contribution is 0.0712. The van der Waals surface area contributed by atoms with Gasteiger partial charge in [0.15, 0.2) is 11.5 Å². The summed E-state index contributed by atoms with van der Waals surface area (Å²) in [6.07, 6.45) is 4.46. The first-order chi connectivity index (χ1) is 21.8. The van der Waals surface area contributed by atoms with Crippen LogP contribution in [0.4, 0.5) is 13.6 Å². The highest BCUT2D eigenvalue weighted by Crippen LogP contribution is 2.39. The number of carbonyl (C=O) groups is 2. The van der Waals surface area contributed by atoms with E-state index in [4.69, 9.17) is 19.8 Å². The Morgan fingerprint density at radius 3 is 2.82 bits per heavy atom. The van der Waals surface area contributed by atoms with E-state index in [1.165, 1.54) is 22.0 Å². The van der Waals surface area contributed by atoms with Crippen molar-refractivity contribution in [2.24, 2.45) is 13.0 Å². The molecule has 0 radical (unpaired) electrons. The number of nitrogens with zero attached hydrogens (tertiary/aromatic N) is 7. The molecule has 12 nitrogen and oxygen atoms in total. The lowest BCUT2D eigenvalue weighted by Gasteiger charge is -2.30. The molecule has 1 fully saturated rings. The number of imidazole rings is 2. The number of aryl methyl sites for hydroxylation is 1. The summed E-state index contributed by atoms with van der Waals surface area (Å²) in [5.74, 6) is 1.41. The second-order valence-corrected chi connectivity index (χ2v) is 11.7. The first kappa shape index (κ1) is 28.7. The van der Waals surface area contributed by atoms with Crippen LogP contribution >= 0.6 is 0 Å². The zero-order valence-corrected chi connectivity index (χ0v) is 24.6. The first-order valence-corrected chi connectivity index (χ1v) is 14.9. The number of aromatic nitrogens is 6. The van der Waals surface area contributed by atoms with Crippen molar-refractivity contribution in [3.63, 3.8) is 0 Å². The number of hydrogen-bond donors (Lipinski definition) is 2. The summed E-state index contributed by atoms with van der Waals surface area (Å²) in [6, 6.07) is 8.47. The molecule has 2 unspecified atom stereocenters. The van der Waals surface area contributed by atoms with Gasteiger partial charge in [-0.3, -0.25) is 4.79 Å². The topological polar surface area (TPSA) is 132 Å². The molecule has 1 aliphatic heterocycles. The third-order valence-corrected chi connectivity index (χ3v) is 8.49. The molecule has 45 heavy (non-hydrogen) atoms. The Morgan fingerprint density at radius 1 is 1.24 bits per heavy atom. The van der Waals surface area contributed by atoms with Crippen LogP contribution in [0.5, 0.6) is 5.75 Å². The number of nitrogens with one attached hydrogen (secondary N) is 1. The Hall–Kier alpha value is -5.01. The average molecular weight is 619 g/mol. The number of ether oxygens (including phenoxy) is 1. The van der Waals surface area contributed by atoms with E-state index in [0.29, 0.717) is 52.9 Å². The van der Waals surface area contributed by atoms with Crippen LogP contribution < -0.4 is 10.1 Å².